The van der Waals surface area contributed by atoms with E-state index in [0.29, 0.717) is 5.02 Å². The Morgan fingerprint density at radius 2 is 2.58 bits per heavy atom. The molecule has 5 nitrogen and oxygen atoms in total. The third-order valence-electron chi connectivity index (χ3n) is 1.34. The second kappa shape index (κ2) is 3.44. The fourth-order valence-corrected chi connectivity index (χ4v) is 0.923. The van der Waals surface area contributed by atoms with E-state index in [1.54, 1.807) is 13.1 Å². The van der Waals surface area contributed by atoms with Gasteiger partial charge in [0.1, 0.15) is 6.54 Å². The predicted molar refractivity (Wildman–Crippen MR) is 45.4 cm³/mol. The van der Waals surface area contributed by atoms with Crippen molar-refractivity contribution in [3.8, 4) is 0 Å². The maximum absolute atomic E-state index is 8.26. The lowest BCUT2D eigenvalue weighted by molar-refractivity contribution is 0.316. The lowest BCUT2D eigenvalue weighted by Gasteiger charge is -1.96. The normalized spacial score (nSPS) is 12.0. The van der Waals surface area contributed by atoms with E-state index >= 15 is 0 Å². The number of nitrogens with two attached hydrogens (primary N) is 1. The molecule has 0 atom stereocenters. The quantitative estimate of drug-likeness (QED) is 0.309. The molecule has 0 amide bonds. The molecule has 0 aliphatic rings. The van der Waals surface area contributed by atoms with E-state index in [4.69, 9.17) is 22.5 Å². The van der Waals surface area contributed by atoms with Crippen LogP contribution in [-0.2, 0) is 6.54 Å². The second-order valence-electron chi connectivity index (χ2n) is 2.35. The average molecular weight is 189 g/mol. The fraction of sp³-hybridized carbons (Fsp3) is 0.333. The van der Waals surface area contributed by atoms with Crippen molar-refractivity contribution in [2.24, 2.45) is 10.9 Å². The zero-order valence-electron chi connectivity index (χ0n) is 6.53. The summed E-state index contributed by atoms with van der Waals surface area (Å²) in [6.45, 7) is 2.02. The lowest BCUT2D eigenvalue weighted by atomic mass is 10.5. The third-order valence-corrected chi connectivity index (χ3v) is 1.71. The molecule has 0 unspecified atom stereocenters. The highest BCUT2D eigenvalue weighted by molar-refractivity contribution is 6.31. The van der Waals surface area contributed by atoms with Crippen molar-refractivity contribution >= 4 is 17.4 Å². The molecule has 0 spiro atoms. The molecule has 0 saturated carbocycles. The molecule has 66 valence electrons. The van der Waals surface area contributed by atoms with Gasteiger partial charge in [-0.3, -0.25) is 4.68 Å². The molecule has 0 radical (unpaired) electrons. The molecule has 0 aliphatic carbocycles. The van der Waals surface area contributed by atoms with Crippen LogP contribution in [0.3, 0.4) is 0 Å². The van der Waals surface area contributed by atoms with Gasteiger partial charge in [0.25, 0.3) is 0 Å². The van der Waals surface area contributed by atoms with Gasteiger partial charge in [0, 0.05) is 6.20 Å². The number of aryl methyl sites for hydroxylation is 1. The minimum Gasteiger partial charge on any atom is -0.409 e. The molecule has 0 aliphatic heterocycles. The minimum atomic E-state index is 0.0918. The Bertz CT molecular complexity index is 287. The molecule has 0 fully saturated rings. The number of halogens is 1. The SMILES string of the molecule is Cc1nn(CC(N)=NO)cc1Cl. The summed E-state index contributed by atoms with van der Waals surface area (Å²) >= 11 is 5.73. The maximum atomic E-state index is 8.26. The summed E-state index contributed by atoms with van der Waals surface area (Å²) in [5, 5.41) is 15.7. The summed E-state index contributed by atoms with van der Waals surface area (Å²) < 4.78 is 1.51. The largest absolute Gasteiger partial charge is 0.409 e. The van der Waals surface area contributed by atoms with Crippen LogP contribution in [0, 0.1) is 6.92 Å². The molecular weight excluding hydrogens is 180 g/mol. The Balaban J connectivity index is 2.77. The molecule has 0 bridgehead atoms. The Kier molecular flexibility index (Phi) is 2.54. The second-order valence-corrected chi connectivity index (χ2v) is 2.76. The first-order valence-electron chi connectivity index (χ1n) is 3.29. The number of nitrogens with zero attached hydrogens (tertiary/aromatic N) is 3. The fourth-order valence-electron chi connectivity index (χ4n) is 0.772. The van der Waals surface area contributed by atoms with Crippen LogP contribution in [0.2, 0.25) is 5.02 Å². The van der Waals surface area contributed by atoms with Gasteiger partial charge < -0.3 is 10.9 Å². The monoisotopic (exact) mass is 188 g/mol. The number of amidine groups is 1. The van der Waals surface area contributed by atoms with Crippen LogP contribution in [0.4, 0.5) is 0 Å². The number of oxime groups is 1. The molecular formula is C6H9ClN4O. The molecule has 6 heteroatoms. The zero-order valence-corrected chi connectivity index (χ0v) is 7.28. The highest BCUT2D eigenvalue weighted by Gasteiger charge is 2.02. The van der Waals surface area contributed by atoms with E-state index in [9.17, 15) is 0 Å². The van der Waals surface area contributed by atoms with Crippen LogP contribution >= 0.6 is 11.6 Å². The van der Waals surface area contributed by atoms with E-state index < -0.39 is 0 Å². The van der Waals surface area contributed by atoms with E-state index in [0.717, 1.165) is 5.69 Å². The van der Waals surface area contributed by atoms with Crippen molar-refractivity contribution in [1.82, 2.24) is 9.78 Å². The van der Waals surface area contributed by atoms with Gasteiger partial charge in [-0.2, -0.15) is 5.10 Å². The van der Waals surface area contributed by atoms with Crippen LogP contribution in [0.5, 0.6) is 0 Å². The third kappa shape index (κ3) is 1.88. The van der Waals surface area contributed by atoms with Crippen LogP contribution in [0.25, 0.3) is 0 Å². The van der Waals surface area contributed by atoms with Crippen molar-refractivity contribution in [3.63, 3.8) is 0 Å². The standard InChI is InChI=1S/C6H9ClN4O/c1-4-5(7)2-11(9-4)3-6(8)10-12/h2,12H,3H2,1H3,(H2,8,10). The first-order chi connectivity index (χ1) is 5.63. The van der Waals surface area contributed by atoms with Crippen LogP contribution < -0.4 is 5.73 Å². The number of aromatic nitrogens is 2. The van der Waals surface area contributed by atoms with Crippen molar-refractivity contribution < 1.29 is 5.21 Å². The van der Waals surface area contributed by atoms with Gasteiger partial charge in [0.05, 0.1) is 10.7 Å². The minimum absolute atomic E-state index is 0.0918. The summed E-state index contributed by atoms with van der Waals surface area (Å²) in [6, 6.07) is 0. The highest BCUT2D eigenvalue weighted by Crippen LogP contribution is 2.11. The average Bonchev–Trinajstić information content (AvgIpc) is 2.31. The van der Waals surface area contributed by atoms with Crippen LogP contribution in [0.1, 0.15) is 5.69 Å². The van der Waals surface area contributed by atoms with Gasteiger partial charge in [-0.05, 0) is 6.92 Å². The Morgan fingerprint density at radius 1 is 1.92 bits per heavy atom. The molecule has 1 aromatic rings. The number of rotatable bonds is 2. The van der Waals surface area contributed by atoms with Crippen molar-refractivity contribution in [1.29, 1.82) is 0 Å². The summed E-state index contributed by atoms with van der Waals surface area (Å²) in [5.41, 5.74) is 5.98. The van der Waals surface area contributed by atoms with Gasteiger partial charge >= 0.3 is 0 Å². The summed E-state index contributed by atoms with van der Waals surface area (Å²) in [7, 11) is 0. The molecule has 1 rings (SSSR count). The summed E-state index contributed by atoms with van der Waals surface area (Å²) in [5.74, 6) is 0.0918. The predicted octanol–water partition coefficient (Wildman–Crippen LogP) is 0.591. The number of hydrogen-bond acceptors (Lipinski definition) is 3. The molecule has 12 heavy (non-hydrogen) atoms. The maximum Gasteiger partial charge on any atom is 0.160 e. The first-order valence-corrected chi connectivity index (χ1v) is 3.67. The van der Waals surface area contributed by atoms with E-state index in [2.05, 4.69) is 10.3 Å². The van der Waals surface area contributed by atoms with Crippen LogP contribution in [-0.4, -0.2) is 20.8 Å². The van der Waals surface area contributed by atoms with Gasteiger partial charge in [-0.1, -0.05) is 16.8 Å². The van der Waals surface area contributed by atoms with Crippen LogP contribution in [0.15, 0.2) is 11.4 Å². The van der Waals surface area contributed by atoms with Crippen molar-refractivity contribution in [2.75, 3.05) is 0 Å². The smallest absolute Gasteiger partial charge is 0.160 e. The first kappa shape index (κ1) is 8.86. The van der Waals surface area contributed by atoms with Gasteiger partial charge in [-0.25, -0.2) is 0 Å². The molecule has 1 aromatic heterocycles. The van der Waals surface area contributed by atoms with Gasteiger partial charge in [0.15, 0.2) is 5.84 Å². The van der Waals surface area contributed by atoms with E-state index in [1.807, 2.05) is 0 Å². The van der Waals surface area contributed by atoms with Gasteiger partial charge in [-0.15, -0.1) is 0 Å². The molecule has 0 aromatic carbocycles. The Labute approximate surface area is 74.4 Å². The Hall–Kier alpha value is -1.23. The topological polar surface area (TPSA) is 76.4 Å². The summed E-state index contributed by atoms with van der Waals surface area (Å²) in [4.78, 5) is 0. The summed E-state index contributed by atoms with van der Waals surface area (Å²) in [6.07, 6.45) is 1.62. The zero-order chi connectivity index (χ0) is 9.14. The molecule has 3 N–H and O–H groups in total. The molecule has 0 saturated heterocycles. The Morgan fingerprint density at radius 3 is 3.00 bits per heavy atom. The molecule has 1 heterocycles. The highest BCUT2D eigenvalue weighted by atomic mass is 35.5. The van der Waals surface area contributed by atoms with Gasteiger partial charge in [0.2, 0.25) is 0 Å². The van der Waals surface area contributed by atoms with Crippen molar-refractivity contribution in [3.05, 3.63) is 16.9 Å². The van der Waals surface area contributed by atoms with Crippen molar-refractivity contribution in [2.45, 2.75) is 13.5 Å². The van der Waals surface area contributed by atoms with E-state index in [-0.39, 0.29) is 12.4 Å². The lowest BCUT2D eigenvalue weighted by Crippen LogP contribution is -2.19. The number of hydrogen-bond donors (Lipinski definition) is 2. The van der Waals surface area contributed by atoms with E-state index in [1.165, 1.54) is 4.68 Å².